The Bertz CT molecular complexity index is 507. The number of ether oxygens (including phenoxy) is 1. The smallest absolute Gasteiger partial charge is 0.119 e. The third-order valence-corrected chi connectivity index (χ3v) is 3.67. The first-order chi connectivity index (χ1) is 10.3. The van der Waals surface area contributed by atoms with Gasteiger partial charge in [0.25, 0.3) is 0 Å². The van der Waals surface area contributed by atoms with Crippen molar-refractivity contribution in [3.05, 3.63) is 65.7 Å². The summed E-state index contributed by atoms with van der Waals surface area (Å²) in [6.45, 7) is 2.87. The Labute approximate surface area is 127 Å². The van der Waals surface area contributed by atoms with Gasteiger partial charge in [0.1, 0.15) is 5.75 Å². The SMILES string of the molecule is CCC(N)Cc1ccc(OCCCc2ccccc2)cc1. The van der Waals surface area contributed by atoms with Crippen LogP contribution in [-0.2, 0) is 12.8 Å². The minimum Gasteiger partial charge on any atom is -0.494 e. The van der Waals surface area contributed by atoms with Gasteiger partial charge in [-0.15, -0.1) is 0 Å². The van der Waals surface area contributed by atoms with Crippen LogP contribution in [-0.4, -0.2) is 12.6 Å². The molecule has 0 aliphatic rings. The van der Waals surface area contributed by atoms with Crippen molar-refractivity contribution in [1.29, 1.82) is 0 Å². The summed E-state index contributed by atoms with van der Waals surface area (Å²) in [5.41, 5.74) is 8.61. The molecular weight excluding hydrogens is 258 g/mol. The maximum atomic E-state index is 5.97. The second kappa shape index (κ2) is 8.48. The van der Waals surface area contributed by atoms with Gasteiger partial charge in [0.15, 0.2) is 0 Å². The van der Waals surface area contributed by atoms with Gasteiger partial charge >= 0.3 is 0 Å². The molecule has 1 atom stereocenters. The Morgan fingerprint density at radius 3 is 2.33 bits per heavy atom. The highest BCUT2D eigenvalue weighted by molar-refractivity contribution is 5.27. The zero-order valence-electron chi connectivity index (χ0n) is 12.8. The van der Waals surface area contributed by atoms with Gasteiger partial charge in [0.2, 0.25) is 0 Å². The zero-order valence-corrected chi connectivity index (χ0v) is 12.8. The van der Waals surface area contributed by atoms with E-state index in [9.17, 15) is 0 Å². The van der Waals surface area contributed by atoms with Gasteiger partial charge in [0, 0.05) is 6.04 Å². The first kappa shape index (κ1) is 15.6. The van der Waals surface area contributed by atoms with Crippen molar-refractivity contribution >= 4 is 0 Å². The summed E-state index contributed by atoms with van der Waals surface area (Å²) >= 11 is 0. The van der Waals surface area contributed by atoms with Gasteiger partial charge < -0.3 is 10.5 Å². The van der Waals surface area contributed by atoms with Crippen LogP contribution in [0.15, 0.2) is 54.6 Å². The van der Waals surface area contributed by atoms with E-state index in [1.807, 2.05) is 18.2 Å². The molecule has 2 aromatic carbocycles. The van der Waals surface area contributed by atoms with Crippen LogP contribution in [0.4, 0.5) is 0 Å². The number of benzene rings is 2. The summed E-state index contributed by atoms with van der Waals surface area (Å²) in [5.74, 6) is 0.942. The minimum atomic E-state index is 0.252. The summed E-state index contributed by atoms with van der Waals surface area (Å²) in [6.07, 6.45) is 4.04. The minimum absolute atomic E-state index is 0.252. The molecule has 2 nitrogen and oxygen atoms in total. The van der Waals surface area contributed by atoms with Crippen molar-refractivity contribution in [2.45, 2.75) is 38.6 Å². The molecule has 112 valence electrons. The largest absolute Gasteiger partial charge is 0.494 e. The average Bonchev–Trinajstić information content (AvgIpc) is 2.54. The van der Waals surface area contributed by atoms with Crippen LogP contribution in [0.5, 0.6) is 5.75 Å². The summed E-state index contributed by atoms with van der Waals surface area (Å²) in [4.78, 5) is 0. The number of hydrogen-bond donors (Lipinski definition) is 1. The first-order valence-corrected chi connectivity index (χ1v) is 7.79. The normalized spacial score (nSPS) is 12.1. The van der Waals surface area contributed by atoms with Gasteiger partial charge in [0.05, 0.1) is 6.61 Å². The predicted molar refractivity (Wildman–Crippen MR) is 88.7 cm³/mol. The van der Waals surface area contributed by atoms with Gasteiger partial charge in [-0.05, 0) is 48.9 Å². The van der Waals surface area contributed by atoms with Crippen molar-refractivity contribution < 1.29 is 4.74 Å². The van der Waals surface area contributed by atoms with Crippen LogP contribution < -0.4 is 10.5 Å². The van der Waals surface area contributed by atoms with Crippen molar-refractivity contribution in [1.82, 2.24) is 0 Å². The molecule has 0 fully saturated rings. The van der Waals surface area contributed by atoms with Crippen molar-refractivity contribution in [2.75, 3.05) is 6.61 Å². The predicted octanol–water partition coefficient (Wildman–Crippen LogP) is 3.98. The van der Waals surface area contributed by atoms with E-state index >= 15 is 0 Å². The molecule has 0 saturated carbocycles. The van der Waals surface area contributed by atoms with Gasteiger partial charge in [-0.2, -0.15) is 0 Å². The summed E-state index contributed by atoms with van der Waals surface area (Å²) in [5, 5.41) is 0. The van der Waals surface area contributed by atoms with Gasteiger partial charge in [-0.3, -0.25) is 0 Å². The summed E-state index contributed by atoms with van der Waals surface area (Å²) in [7, 11) is 0. The number of nitrogens with two attached hydrogens (primary N) is 1. The van der Waals surface area contributed by atoms with Crippen LogP contribution in [0.2, 0.25) is 0 Å². The fraction of sp³-hybridized carbons (Fsp3) is 0.368. The van der Waals surface area contributed by atoms with E-state index in [0.717, 1.165) is 38.0 Å². The molecular formula is C19H25NO. The van der Waals surface area contributed by atoms with Crippen LogP contribution in [0.25, 0.3) is 0 Å². The lowest BCUT2D eigenvalue weighted by Crippen LogP contribution is -2.21. The molecule has 0 amide bonds. The quantitative estimate of drug-likeness (QED) is 0.744. The lowest BCUT2D eigenvalue weighted by atomic mass is 10.0. The molecule has 0 aromatic heterocycles. The molecule has 2 N–H and O–H groups in total. The third-order valence-electron chi connectivity index (χ3n) is 3.67. The molecule has 2 rings (SSSR count). The Hall–Kier alpha value is -1.80. The zero-order chi connectivity index (χ0) is 14.9. The van der Waals surface area contributed by atoms with Crippen LogP contribution in [0.3, 0.4) is 0 Å². The standard InChI is InChI=1S/C19H25NO/c1-2-18(20)15-17-10-12-19(13-11-17)21-14-6-9-16-7-4-3-5-8-16/h3-5,7-8,10-13,18H,2,6,9,14-15,20H2,1H3. The molecule has 0 aliphatic heterocycles. The Balaban J connectivity index is 1.71. The maximum absolute atomic E-state index is 5.97. The molecule has 2 heteroatoms. The van der Waals surface area contributed by atoms with Crippen LogP contribution in [0, 0.1) is 0 Å². The van der Waals surface area contributed by atoms with Crippen molar-refractivity contribution in [3.8, 4) is 5.75 Å². The number of hydrogen-bond acceptors (Lipinski definition) is 2. The van der Waals surface area contributed by atoms with E-state index in [2.05, 4.69) is 43.3 Å². The van der Waals surface area contributed by atoms with E-state index in [0.29, 0.717) is 0 Å². The lowest BCUT2D eigenvalue weighted by molar-refractivity contribution is 0.311. The van der Waals surface area contributed by atoms with Gasteiger partial charge in [-0.25, -0.2) is 0 Å². The topological polar surface area (TPSA) is 35.2 Å². The number of aryl methyl sites for hydroxylation is 1. The second-order valence-corrected chi connectivity index (χ2v) is 5.45. The van der Waals surface area contributed by atoms with E-state index in [-0.39, 0.29) is 6.04 Å². The number of rotatable bonds is 8. The van der Waals surface area contributed by atoms with Gasteiger partial charge in [-0.1, -0.05) is 49.4 Å². The van der Waals surface area contributed by atoms with Crippen molar-refractivity contribution in [2.24, 2.45) is 5.73 Å². The summed E-state index contributed by atoms with van der Waals surface area (Å²) < 4.78 is 5.78. The fourth-order valence-electron chi connectivity index (χ4n) is 2.28. The molecule has 0 bridgehead atoms. The van der Waals surface area contributed by atoms with E-state index in [1.54, 1.807) is 0 Å². The molecule has 0 radical (unpaired) electrons. The molecule has 21 heavy (non-hydrogen) atoms. The highest BCUT2D eigenvalue weighted by Gasteiger charge is 2.02. The van der Waals surface area contributed by atoms with Crippen LogP contribution >= 0.6 is 0 Å². The van der Waals surface area contributed by atoms with Crippen LogP contribution in [0.1, 0.15) is 30.9 Å². The summed E-state index contributed by atoms with van der Waals surface area (Å²) in [6, 6.07) is 19.1. The molecule has 0 aliphatic carbocycles. The Kier molecular flexibility index (Phi) is 6.29. The Morgan fingerprint density at radius 2 is 1.67 bits per heavy atom. The van der Waals surface area contributed by atoms with E-state index < -0.39 is 0 Å². The first-order valence-electron chi connectivity index (χ1n) is 7.79. The molecule has 1 unspecified atom stereocenters. The highest BCUT2D eigenvalue weighted by atomic mass is 16.5. The average molecular weight is 283 g/mol. The van der Waals surface area contributed by atoms with E-state index in [4.69, 9.17) is 10.5 Å². The Morgan fingerprint density at radius 1 is 0.952 bits per heavy atom. The maximum Gasteiger partial charge on any atom is 0.119 e. The molecule has 0 saturated heterocycles. The molecule has 2 aromatic rings. The van der Waals surface area contributed by atoms with Crippen molar-refractivity contribution in [3.63, 3.8) is 0 Å². The second-order valence-electron chi connectivity index (χ2n) is 5.45. The molecule has 0 spiro atoms. The van der Waals surface area contributed by atoms with E-state index in [1.165, 1.54) is 11.1 Å². The monoisotopic (exact) mass is 283 g/mol. The highest BCUT2D eigenvalue weighted by Crippen LogP contribution is 2.14. The molecule has 0 heterocycles. The third kappa shape index (κ3) is 5.60. The lowest BCUT2D eigenvalue weighted by Gasteiger charge is -2.10. The fourth-order valence-corrected chi connectivity index (χ4v) is 2.28.